The van der Waals surface area contributed by atoms with Crippen LogP contribution >= 0.6 is 0 Å². The first-order valence-electron chi connectivity index (χ1n) is 18.9. The van der Waals surface area contributed by atoms with Gasteiger partial charge in [-0.25, -0.2) is 15.0 Å². The van der Waals surface area contributed by atoms with Gasteiger partial charge in [0.05, 0.1) is 22.1 Å². The number of nitrogens with zero attached hydrogens (tertiary/aromatic N) is 5. The lowest BCUT2D eigenvalue weighted by molar-refractivity contribution is 1.07. The molecule has 0 saturated carbocycles. The summed E-state index contributed by atoms with van der Waals surface area (Å²) in [5.41, 5.74) is 12.1. The molecular formula is C51H33N5. The number of fused-ring (bicyclic) bond motifs is 7. The van der Waals surface area contributed by atoms with Crippen molar-refractivity contribution in [3.05, 3.63) is 200 Å². The van der Waals surface area contributed by atoms with Gasteiger partial charge in [-0.1, -0.05) is 152 Å². The zero-order valence-electron chi connectivity index (χ0n) is 30.3. The van der Waals surface area contributed by atoms with Crippen LogP contribution in [0.4, 0.5) is 0 Å². The number of rotatable bonds is 6. The predicted molar refractivity (Wildman–Crippen MR) is 230 cm³/mol. The molecule has 5 heteroatoms. The van der Waals surface area contributed by atoms with Gasteiger partial charge in [-0.3, -0.25) is 0 Å². The molecule has 262 valence electrons. The van der Waals surface area contributed by atoms with Crippen LogP contribution in [-0.2, 0) is 0 Å². The van der Waals surface area contributed by atoms with Crippen LogP contribution in [0.2, 0.25) is 0 Å². The summed E-state index contributed by atoms with van der Waals surface area (Å²) in [7, 11) is 0. The fraction of sp³-hybridized carbons (Fsp3) is 0. The normalized spacial score (nSPS) is 11.6. The smallest absolute Gasteiger partial charge is 0.164 e. The Bertz CT molecular complexity index is 3140. The molecule has 5 nitrogen and oxygen atoms in total. The minimum atomic E-state index is 0.632. The topological polar surface area (TPSA) is 48.5 Å². The summed E-state index contributed by atoms with van der Waals surface area (Å²) in [6.07, 6.45) is 0. The maximum Gasteiger partial charge on any atom is 0.164 e. The van der Waals surface area contributed by atoms with Gasteiger partial charge < -0.3 is 9.13 Å². The van der Waals surface area contributed by atoms with Crippen LogP contribution in [-0.4, -0.2) is 24.1 Å². The van der Waals surface area contributed by atoms with E-state index in [9.17, 15) is 0 Å². The van der Waals surface area contributed by atoms with Gasteiger partial charge in [0, 0.05) is 49.6 Å². The van der Waals surface area contributed by atoms with Gasteiger partial charge in [-0.2, -0.15) is 0 Å². The molecule has 0 aliphatic heterocycles. The van der Waals surface area contributed by atoms with Crippen LogP contribution in [0.3, 0.4) is 0 Å². The molecule has 3 heterocycles. The summed E-state index contributed by atoms with van der Waals surface area (Å²) in [5.74, 6) is 1.92. The molecule has 0 bridgehead atoms. The largest absolute Gasteiger partial charge is 0.307 e. The van der Waals surface area contributed by atoms with E-state index in [1.165, 1.54) is 43.7 Å². The molecule has 0 fully saturated rings. The van der Waals surface area contributed by atoms with E-state index >= 15 is 0 Å². The minimum Gasteiger partial charge on any atom is -0.307 e. The zero-order valence-corrected chi connectivity index (χ0v) is 30.3. The van der Waals surface area contributed by atoms with E-state index in [1.54, 1.807) is 0 Å². The lowest BCUT2D eigenvalue weighted by Gasteiger charge is -2.14. The lowest BCUT2D eigenvalue weighted by Crippen LogP contribution is -2.01. The number of hydrogen-bond donors (Lipinski definition) is 0. The molecule has 0 N–H and O–H groups in total. The van der Waals surface area contributed by atoms with Crippen LogP contribution in [0.1, 0.15) is 0 Å². The van der Waals surface area contributed by atoms with Gasteiger partial charge in [0.2, 0.25) is 0 Å². The van der Waals surface area contributed by atoms with Crippen molar-refractivity contribution in [2.45, 2.75) is 0 Å². The fourth-order valence-electron chi connectivity index (χ4n) is 8.17. The van der Waals surface area contributed by atoms with Crippen LogP contribution in [0.25, 0.3) is 100 Å². The molecule has 0 radical (unpaired) electrons. The maximum absolute atomic E-state index is 5.00. The van der Waals surface area contributed by atoms with Crippen LogP contribution in [0.15, 0.2) is 200 Å². The van der Waals surface area contributed by atoms with Gasteiger partial charge in [-0.05, 0) is 59.7 Å². The average Bonchev–Trinajstić information content (AvgIpc) is 3.80. The highest BCUT2D eigenvalue weighted by Gasteiger charge is 2.21. The Morgan fingerprint density at radius 3 is 1.00 bits per heavy atom. The highest BCUT2D eigenvalue weighted by atomic mass is 15.1. The molecule has 0 aliphatic carbocycles. The summed E-state index contributed by atoms with van der Waals surface area (Å²) in [6.45, 7) is 0. The van der Waals surface area contributed by atoms with E-state index in [1.807, 2.05) is 60.7 Å². The van der Waals surface area contributed by atoms with Crippen molar-refractivity contribution in [3.63, 3.8) is 0 Å². The molecule has 0 saturated heterocycles. The third kappa shape index (κ3) is 5.21. The zero-order chi connectivity index (χ0) is 37.0. The Balaban J connectivity index is 1.12. The standard InChI is InChI=1S/C51H33N5/c1-4-14-34(15-5-1)35-24-28-39(29-25-35)55-45-22-12-10-20-41(45)43-32-33-44-42-21-11-13-23-46(42)56(48(44)47(43)55)40-30-26-38(27-31-40)51-53-49(36-16-6-2-7-17-36)52-50(54-51)37-18-8-3-9-19-37/h1-33H. The second-order valence-corrected chi connectivity index (χ2v) is 14.1. The van der Waals surface area contributed by atoms with Crippen molar-refractivity contribution in [2.75, 3.05) is 0 Å². The molecule has 0 aliphatic rings. The van der Waals surface area contributed by atoms with Crippen molar-refractivity contribution in [3.8, 4) is 56.7 Å². The molecule has 8 aromatic carbocycles. The summed E-state index contributed by atoms with van der Waals surface area (Å²) < 4.78 is 4.86. The highest BCUT2D eigenvalue weighted by molar-refractivity contribution is 6.23. The second kappa shape index (κ2) is 13.0. The molecular weight excluding hydrogens is 683 g/mol. The Hall–Kier alpha value is -7.63. The molecule has 0 unspecified atom stereocenters. The van der Waals surface area contributed by atoms with E-state index in [0.29, 0.717) is 17.5 Å². The lowest BCUT2D eigenvalue weighted by atomic mass is 10.1. The summed E-state index contributed by atoms with van der Waals surface area (Å²) in [5, 5.41) is 4.86. The molecule has 11 rings (SSSR count). The van der Waals surface area contributed by atoms with Crippen molar-refractivity contribution >= 4 is 43.6 Å². The first-order valence-corrected chi connectivity index (χ1v) is 18.9. The first kappa shape index (κ1) is 31.9. The van der Waals surface area contributed by atoms with E-state index in [-0.39, 0.29) is 0 Å². The summed E-state index contributed by atoms with van der Waals surface area (Å²) in [4.78, 5) is 14.9. The van der Waals surface area contributed by atoms with Crippen molar-refractivity contribution in [2.24, 2.45) is 0 Å². The fourth-order valence-corrected chi connectivity index (χ4v) is 8.17. The quantitative estimate of drug-likeness (QED) is 0.172. The number of para-hydroxylation sites is 2. The summed E-state index contributed by atoms with van der Waals surface area (Å²) >= 11 is 0. The third-order valence-electron chi connectivity index (χ3n) is 10.8. The van der Waals surface area contributed by atoms with E-state index in [4.69, 9.17) is 15.0 Å². The third-order valence-corrected chi connectivity index (χ3v) is 10.8. The summed E-state index contributed by atoms with van der Waals surface area (Å²) in [6, 6.07) is 70.4. The SMILES string of the molecule is c1ccc(-c2ccc(-n3c4ccccc4c4ccc5c6ccccc6n(-c6ccc(-c7nc(-c8ccccc8)nc(-c8ccccc8)n7)cc6)c5c43)cc2)cc1. The molecule has 56 heavy (non-hydrogen) atoms. The first-order chi connectivity index (χ1) is 27.8. The Kier molecular flexibility index (Phi) is 7.42. The van der Waals surface area contributed by atoms with Gasteiger partial charge >= 0.3 is 0 Å². The van der Waals surface area contributed by atoms with Gasteiger partial charge in [0.15, 0.2) is 17.5 Å². The molecule has 0 spiro atoms. The predicted octanol–water partition coefficient (Wildman–Crippen LogP) is 12.7. The Morgan fingerprint density at radius 1 is 0.250 bits per heavy atom. The van der Waals surface area contributed by atoms with Crippen molar-refractivity contribution < 1.29 is 0 Å². The van der Waals surface area contributed by atoms with E-state index in [0.717, 1.165) is 39.1 Å². The molecule has 0 atom stereocenters. The van der Waals surface area contributed by atoms with Gasteiger partial charge in [-0.15, -0.1) is 0 Å². The molecule has 11 aromatic rings. The van der Waals surface area contributed by atoms with Gasteiger partial charge in [0.25, 0.3) is 0 Å². The second-order valence-electron chi connectivity index (χ2n) is 14.1. The number of aromatic nitrogens is 5. The van der Waals surface area contributed by atoms with Crippen molar-refractivity contribution in [1.29, 1.82) is 0 Å². The number of benzene rings is 8. The Labute approximate surface area is 323 Å². The van der Waals surface area contributed by atoms with Gasteiger partial charge in [0.1, 0.15) is 0 Å². The van der Waals surface area contributed by atoms with Crippen LogP contribution < -0.4 is 0 Å². The van der Waals surface area contributed by atoms with E-state index < -0.39 is 0 Å². The maximum atomic E-state index is 5.00. The minimum absolute atomic E-state index is 0.632. The molecule has 3 aromatic heterocycles. The number of hydrogen-bond acceptors (Lipinski definition) is 3. The highest BCUT2D eigenvalue weighted by Crippen LogP contribution is 2.42. The van der Waals surface area contributed by atoms with Crippen LogP contribution in [0, 0.1) is 0 Å². The van der Waals surface area contributed by atoms with Crippen molar-refractivity contribution in [1.82, 2.24) is 24.1 Å². The van der Waals surface area contributed by atoms with E-state index in [2.05, 4.69) is 149 Å². The van der Waals surface area contributed by atoms with Crippen LogP contribution in [0.5, 0.6) is 0 Å². The Morgan fingerprint density at radius 2 is 0.571 bits per heavy atom. The average molecular weight is 716 g/mol. The molecule has 0 amide bonds. The monoisotopic (exact) mass is 715 g/mol.